The zero-order valence-electron chi connectivity index (χ0n) is 22.7. The van der Waals surface area contributed by atoms with E-state index >= 15 is 0 Å². The lowest BCUT2D eigenvalue weighted by Gasteiger charge is -2.58. The van der Waals surface area contributed by atoms with Gasteiger partial charge in [0.25, 0.3) is 0 Å². The summed E-state index contributed by atoms with van der Waals surface area (Å²) in [6.07, 6.45) is 12.8. The van der Waals surface area contributed by atoms with Crippen LogP contribution in [0.3, 0.4) is 0 Å². The Kier molecular flexibility index (Phi) is 8.60. The van der Waals surface area contributed by atoms with Crippen LogP contribution in [0.1, 0.15) is 98.3 Å². The lowest BCUT2D eigenvalue weighted by atomic mass is 9.47. The molecule has 0 saturated heterocycles. The summed E-state index contributed by atoms with van der Waals surface area (Å²) in [6.45, 7) is 9.13. The topological polar surface area (TPSA) is 133 Å². The number of allylic oxidation sites excluding steroid dienone is 1. The zero-order chi connectivity index (χ0) is 27.2. The highest BCUT2D eigenvalue weighted by atomic mass is 32.3. The van der Waals surface area contributed by atoms with Crippen molar-refractivity contribution in [2.45, 2.75) is 104 Å². The van der Waals surface area contributed by atoms with Gasteiger partial charge in [0.05, 0.1) is 12.7 Å². The van der Waals surface area contributed by atoms with E-state index in [4.69, 9.17) is 4.18 Å². The van der Waals surface area contributed by atoms with E-state index in [1.54, 1.807) is 0 Å². The Morgan fingerprint density at radius 2 is 1.70 bits per heavy atom. The molecule has 0 aromatic carbocycles. The summed E-state index contributed by atoms with van der Waals surface area (Å²) in [4.78, 5) is 0. The molecule has 0 aliphatic heterocycles. The monoisotopic (exact) mass is 560 g/mol. The van der Waals surface area contributed by atoms with E-state index in [-0.39, 0.29) is 17.9 Å². The molecule has 0 bridgehead atoms. The van der Waals surface area contributed by atoms with Crippen molar-refractivity contribution in [3.05, 3.63) is 11.6 Å². The lowest BCUT2D eigenvalue weighted by Crippen LogP contribution is -2.51. The van der Waals surface area contributed by atoms with Gasteiger partial charge in [-0.05, 0) is 104 Å². The van der Waals surface area contributed by atoms with Crippen LogP contribution in [0.25, 0.3) is 0 Å². The summed E-state index contributed by atoms with van der Waals surface area (Å²) in [5.74, 6) is 3.25. The van der Waals surface area contributed by atoms with Gasteiger partial charge in [0.1, 0.15) is 0 Å². The highest BCUT2D eigenvalue weighted by Gasteiger charge is 2.59. The Bertz CT molecular complexity index is 1070. The van der Waals surface area contributed by atoms with Gasteiger partial charge in [-0.1, -0.05) is 52.2 Å². The van der Waals surface area contributed by atoms with E-state index < -0.39 is 26.9 Å². The van der Waals surface area contributed by atoms with Gasteiger partial charge in [-0.25, -0.2) is 16.8 Å². The van der Waals surface area contributed by atoms with E-state index in [1.165, 1.54) is 31.3 Å². The standard InChI is InChI=1S/C27H46O8S2/c1-18(17-34-36(28,29)30)6-5-7-19(2)23-10-11-24-22-9-8-20-16-21(35-37(31,32)33)12-14-26(20,3)25(22)13-15-27(23,24)4/h8,18-19,21-25H,5-7,9-17H2,1-4H3,(H,28,29,30)(H,31,32,33)/p-2/t18?,19-,21+,22+,23-,24+,25+,26+,27-/m1/s1. The summed E-state index contributed by atoms with van der Waals surface area (Å²) in [5.41, 5.74) is 1.68. The summed E-state index contributed by atoms with van der Waals surface area (Å²) in [6, 6.07) is 0. The van der Waals surface area contributed by atoms with Crippen LogP contribution in [0.5, 0.6) is 0 Å². The van der Waals surface area contributed by atoms with Crippen LogP contribution in [-0.2, 0) is 29.2 Å². The van der Waals surface area contributed by atoms with Crippen molar-refractivity contribution in [1.29, 1.82) is 0 Å². The fourth-order valence-electron chi connectivity index (χ4n) is 9.12. The lowest BCUT2D eigenvalue weighted by molar-refractivity contribution is -0.0561. The number of rotatable bonds is 10. The Balaban J connectivity index is 1.37. The summed E-state index contributed by atoms with van der Waals surface area (Å²) in [7, 11) is -9.30. The third-order valence-electron chi connectivity index (χ3n) is 10.9. The summed E-state index contributed by atoms with van der Waals surface area (Å²) in [5, 5.41) is 0. The SMILES string of the molecule is CC(CCC[C@@H](C)[C@H]1CC[C@H]2[C@@H]3CC=C4C[C@@H](OS(=O)(=O)[O-])CC[C@]4(C)[C@H]3CC[C@]12C)COS(=O)(=O)[O-]. The molecule has 0 N–H and O–H groups in total. The summed E-state index contributed by atoms with van der Waals surface area (Å²) < 4.78 is 74.8. The first-order valence-corrected chi connectivity index (χ1v) is 16.7. The quantitative estimate of drug-likeness (QED) is 0.199. The molecular weight excluding hydrogens is 516 g/mol. The van der Waals surface area contributed by atoms with Crippen LogP contribution in [0.2, 0.25) is 0 Å². The van der Waals surface area contributed by atoms with Crippen molar-refractivity contribution in [1.82, 2.24) is 0 Å². The van der Waals surface area contributed by atoms with Gasteiger partial charge in [0.15, 0.2) is 0 Å². The van der Waals surface area contributed by atoms with Crippen molar-refractivity contribution in [2.24, 2.45) is 46.3 Å². The van der Waals surface area contributed by atoms with Crippen molar-refractivity contribution in [3.8, 4) is 0 Å². The highest BCUT2D eigenvalue weighted by Crippen LogP contribution is 2.67. The molecular formula is C27H44O8S2-2. The van der Waals surface area contributed by atoms with Crippen LogP contribution >= 0.6 is 0 Å². The van der Waals surface area contributed by atoms with Gasteiger partial charge in [0.2, 0.25) is 20.8 Å². The molecule has 9 atom stereocenters. The minimum Gasteiger partial charge on any atom is -0.726 e. The average Bonchev–Trinajstić information content (AvgIpc) is 3.14. The van der Waals surface area contributed by atoms with Gasteiger partial charge in [-0.3, -0.25) is 8.37 Å². The van der Waals surface area contributed by atoms with Gasteiger partial charge in [-0.2, -0.15) is 0 Å². The van der Waals surface area contributed by atoms with Gasteiger partial charge in [0, 0.05) is 0 Å². The van der Waals surface area contributed by atoms with Crippen LogP contribution in [0.4, 0.5) is 0 Å². The molecule has 214 valence electrons. The van der Waals surface area contributed by atoms with Gasteiger partial charge in [-0.15, -0.1) is 0 Å². The second kappa shape index (κ2) is 10.8. The van der Waals surface area contributed by atoms with Gasteiger partial charge >= 0.3 is 0 Å². The fraction of sp³-hybridized carbons (Fsp3) is 0.926. The maximum absolute atomic E-state index is 11.1. The molecule has 4 rings (SSSR count). The predicted molar refractivity (Wildman–Crippen MR) is 138 cm³/mol. The second-order valence-electron chi connectivity index (χ2n) is 13.1. The van der Waals surface area contributed by atoms with Crippen LogP contribution in [0.15, 0.2) is 11.6 Å². The largest absolute Gasteiger partial charge is 0.726 e. The molecule has 37 heavy (non-hydrogen) atoms. The molecule has 3 saturated carbocycles. The Morgan fingerprint density at radius 3 is 2.38 bits per heavy atom. The minimum atomic E-state index is -4.68. The minimum absolute atomic E-state index is 0.0384. The molecule has 8 nitrogen and oxygen atoms in total. The third kappa shape index (κ3) is 6.46. The molecule has 0 aromatic heterocycles. The van der Waals surface area contributed by atoms with Crippen molar-refractivity contribution in [3.63, 3.8) is 0 Å². The van der Waals surface area contributed by atoms with Crippen molar-refractivity contribution < 1.29 is 34.3 Å². The number of hydrogen-bond acceptors (Lipinski definition) is 8. The molecule has 0 heterocycles. The Labute approximate surface area is 223 Å². The number of hydrogen-bond donors (Lipinski definition) is 0. The molecule has 0 aromatic rings. The van der Waals surface area contributed by atoms with Crippen molar-refractivity contribution >= 4 is 20.8 Å². The van der Waals surface area contributed by atoms with E-state index in [9.17, 15) is 25.9 Å². The van der Waals surface area contributed by atoms with Gasteiger partial charge < -0.3 is 9.11 Å². The second-order valence-corrected chi connectivity index (χ2v) is 15.1. The molecule has 0 spiro atoms. The molecule has 4 aliphatic rings. The maximum atomic E-state index is 11.1. The zero-order valence-corrected chi connectivity index (χ0v) is 24.3. The van der Waals surface area contributed by atoms with E-state index in [0.717, 1.165) is 32.1 Å². The average molecular weight is 561 g/mol. The van der Waals surface area contributed by atoms with E-state index in [2.05, 4.69) is 31.0 Å². The van der Waals surface area contributed by atoms with Crippen molar-refractivity contribution in [2.75, 3.05) is 6.61 Å². The third-order valence-corrected chi connectivity index (χ3v) is 11.9. The predicted octanol–water partition coefficient (Wildman–Crippen LogP) is 5.33. The van der Waals surface area contributed by atoms with Crippen LogP contribution in [-0.4, -0.2) is 38.7 Å². The molecule has 0 amide bonds. The Hall–Kier alpha value is -0.520. The Morgan fingerprint density at radius 1 is 0.973 bits per heavy atom. The molecule has 3 fully saturated rings. The summed E-state index contributed by atoms with van der Waals surface area (Å²) >= 11 is 0. The smallest absolute Gasteiger partial charge is 0.217 e. The van der Waals surface area contributed by atoms with E-state index in [1.807, 2.05) is 6.92 Å². The van der Waals surface area contributed by atoms with Crippen LogP contribution in [0, 0.1) is 46.3 Å². The molecule has 4 aliphatic carbocycles. The fourth-order valence-corrected chi connectivity index (χ4v) is 10.0. The molecule has 1 unspecified atom stereocenters. The van der Waals surface area contributed by atoms with Crippen LogP contribution < -0.4 is 0 Å². The number of fused-ring (bicyclic) bond motifs is 5. The highest BCUT2D eigenvalue weighted by molar-refractivity contribution is 7.81. The van der Waals surface area contributed by atoms with E-state index in [0.29, 0.717) is 47.8 Å². The first kappa shape index (κ1) is 29.5. The molecule has 0 radical (unpaired) electrons. The first-order chi connectivity index (χ1) is 17.1. The first-order valence-electron chi connectivity index (χ1n) is 14.1. The molecule has 10 heteroatoms. The normalized spacial score (nSPS) is 39.7. The maximum Gasteiger partial charge on any atom is 0.217 e.